The first kappa shape index (κ1) is 30.2. The van der Waals surface area contributed by atoms with Crippen LogP contribution < -0.4 is 9.47 Å². The molecule has 0 fully saturated rings. The fourth-order valence-corrected chi connectivity index (χ4v) is 6.10. The van der Waals surface area contributed by atoms with Crippen LogP contribution in [0.25, 0.3) is 11.5 Å². The quantitative estimate of drug-likeness (QED) is 0.189. The molecule has 0 spiro atoms. The average molecular weight is 631 g/mol. The Morgan fingerprint density at radius 3 is 2.40 bits per heavy atom. The molecule has 0 aliphatic carbocycles. The third kappa shape index (κ3) is 6.07. The van der Waals surface area contributed by atoms with Gasteiger partial charge in [0, 0.05) is 42.7 Å². The first-order chi connectivity index (χ1) is 23.1. The number of nitrogens with zero attached hydrogens (tertiary/aromatic N) is 4. The lowest BCUT2D eigenvalue weighted by Gasteiger charge is -2.32. The number of hydrogen-bond donors (Lipinski definition) is 1. The summed E-state index contributed by atoms with van der Waals surface area (Å²) in [4.78, 5) is 26.5. The van der Waals surface area contributed by atoms with Crippen LogP contribution in [0.5, 0.6) is 11.5 Å². The molecular weight excluding hydrogens is 596 g/mol. The minimum atomic E-state index is -1.29. The van der Waals surface area contributed by atoms with Crippen LogP contribution in [0.15, 0.2) is 113 Å². The molecule has 1 N–H and O–H groups in total. The maximum Gasteiger partial charge on any atom is 0.257 e. The molecule has 5 aromatic rings. The zero-order chi connectivity index (χ0) is 32.2. The Kier molecular flexibility index (Phi) is 8.41. The van der Waals surface area contributed by atoms with Gasteiger partial charge in [0.05, 0.1) is 20.3 Å². The van der Waals surface area contributed by atoms with Crippen LogP contribution in [-0.4, -0.2) is 57.8 Å². The number of rotatable bonds is 11. The van der Waals surface area contributed by atoms with Gasteiger partial charge in [0.1, 0.15) is 11.5 Å². The fourth-order valence-electron chi connectivity index (χ4n) is 6.10. The zero-order valence-electron chi connectivity index (χ0n) is 25.9. The topological polar surface area (TPSA) is 120 Å². The molecule has 47 heavy (non-hydrogen) atoms. The second-order valence-corrected chi connectivity index (χ2v) is 11.6. The standard InChI is InChI=1S/C37H34N4O6/c1-44-29-16-12-26(13-17-29)34-38-32(40-47-34)24-41-23-28-10-5-6-11-31(28)33-37(36(41)43,22-25-8-3-2-4-9-25)39-35(46-33)27-14-18-30(19-15-27)45-21-7-20-42/h2-6,8-19,33,42H,7,20-24H2,1H3/t33-,37-/m0/s1. The lowest BCUT2D eigenvalue weighted by atomic mass is 9.81. The maximum atomic E-state index is 14.9. The summed E-state index contributed by atoms with van der Waals surface area (Å²) < 4.78 is 23.3. The first-order valence-corrected chi connectivity index (χ1v) is 15.5. The molecule has 0 saturated carbocycles. The molecule has 0 unspecified atom stereocenters. The smallest absolute Gasteiger partial charge is 0.257 e. The van der Waals surface area contributed by atoms with Gasteiger partial charge < -0.3 is 28.7 Å². The van der Waals surface area contributed by atoms with E-state index in [1.54, 1.807) is 12.0 Å². The SMILES string of the molecule is COc1ccc(-c2nc(CN3Cc4ccccc4[C@@H]4OC(c5ccc(OCCCO)cc5)=N[C@]4(Cc4ccccc4)C3=O)no2)cc1. The Morgan fingerprint density at radius 1 is 0.915 bits per heavy atom. The van der Waals surface area contributed by atoms with Crippen molar-refractivity contribution in [1.82, 2.24) is 15.0 Å². The lowest BCUT2D eigenvalue weighted by Crippen LogP contribution is -2.49. The van der Waals surface area contributed by atoms with Gasteiger partial charge in [-0.2, -0.15) is 4.98 Å². The van der Waals surface area contributed by atoms with Crippen molar-refractivity contribution in [3.8, 4) is 23.0 Å². The molecule has 0 radical (unpaired) electrons. The van der Waals surface area contributed by atoms with Crippen molar-refractivity contribution in [3.05, 3.63) is 131 Å². The highest BCUT2D eigenvalue weighted by molar-refractivity contribution is 6.01. The van der Waals surface area contributed by atoms with Gasteiger partial charge in [-0.15, -0.1) is 0 Å². The Bertz CT molecular complexity index is 1870. The van der Waals surface area contributed by atoms with Crippen molar-refractivity contribution in [1.29, 1.82) is 0 Å². The van der Waals surface area contributed by atoms with E-state index < -0.39 is 11.6 Å². The van der Waals surface area contributed by atoms with Crippen molar-refractivity contribution >= 4 is 11.8 Å². The average Bonchev–Trinajstić information content (AvgIpc) is 3.72. The zero-order valence-corrected chi connectivity index (χ0v) is 25.9. The summed E-state index contributed by atoms with van der Waals surface area (Å²) in [5.74, 6) is 2.35. The second kappa shape index (κ2) is 13.1. The predicted molar refractivity (Wildman–Crippen MR) is 174 cm³/mol. The van der Waals surface area contributed by atoms with E-state index in [1.807, 2.05) is 103 Å². The Labute approximate surface area is 272 Å². The normalized spacial score (nSPS) is 18.5. The Morgan fingerprint density at radius 2 is 1.64 bits per heavy atom. The van der Waals surface area contributed by atoms with Crippen molar-refractivity contribution in [3.63, 3.8) is 0 Å². The molecule has 238 valence electrons. The number of aliphatic imine (C=N–C) groups is 1. The van der Waals surface area contributed by atoms with Crippen LogP contribution in [0.1, 0.15) is 40.6 Å². The third-order valence-electron chi connectivity index (χ3n) is 8.45. The summed E-state index contributed by atoms with van der Waals surface area (Å²) in [6.45, 7) is 0.943. The highest BCUT2D eigenvalue weighted by atomic mass is 16.5. The molecule has 0 bridgehead atoms. The molecule has 7 rings (SSSR count). The van der Waals surface area contributed by atoms with Gasteiger partial charge in [-0.1, -0.05) is 59.8 Å². The van der Waals surface area contributed by atoms with Gasteiger partial charge in [-0.05, 0) is 59.7 Å². The number of aliphatic hydroxyl groups excluding tert-OH is 1. The van der Waals surface area contributed by atoms with Gasteiger partial charge in [0.2, 0.25) is 5.90 Å². The van der Waals surface area contributed by atoms with Crippen molar-refractivity contribution in [2.45, 2.75) is 37.6 Å². The monoisotopic (exact) mass is 630 g/mol. The molecule has 0 saturated heterocycles. The highest BCUT2D eigenvalue weighted by Crippen LogP contribution is 2.47. The number of aliphatic hydroxyl groups is 1. The summed E-state index contributed by atoms with van der Waals surface area (Å²) in [5.41, 5.74) is 3.04. The van der Waals surface area contributed by atoms with Crippen LogP contribution in [0.3, 0.4) is 0 Å². The van der Waals surface area contributed by atoms with Crippen LogP contribution in [-0.2, 0) is 29.0 Å². The molecule has 10 nitrogen and oxygen atoms in total. The van der Waals surface area contributed by atoms with Crippen molar-refractivity contribution in [2.75, 3.05) is 20.3 Å². The number of hydrogen-bond acceptors (Lipinski definition) is 9. The fraction of sp³-hybridized carbons (Fsp3) is 0.243. The molecule has 1 aromatic heterocycles. The van der Waals surface area contributed by atoms with Crippen LogP contribution in [0, 0.1) is 0 Å². The van der Waals surface area contributed by atoms with Gasteiger partial charge in [0.15, 0.2) is 17.5 Å². The number of carbonyl (C=O) groups is 1. The van der Waals surface area contributed by atoms with Gasteiger partial charge >= 0.3 is 0 Å². The number of ether oxygens (including phenoxy) is 3. The van der Waals surface area contributed by atoms with Crippen molar-refractivity contribution < 1.29 is 28.6 Å². The van der Waals surface area contributed by atoms with E-state index in [2.05, 4.69) is 10.1 Å². The molecule has 2 atom stereocenters. The molecule has 4 aromatic carbocycles. The highest BCUT2D eigenvalue weighted by Gasteiger charge is 2.56. The largest absolute Gasteiger partial charge is 0.497 e. The van der Waals surface area contributed by atoms with Gasteiger partial charge in [0.25, 0.3) is 11.8 Å². The minimum absolute atomic E-state index is 0.0662. The summed E-state index contributed by atoms with van der Waals surface area (Å²) in [7, 11) is 1.61. The van der Waals surface area contributed by atoms with E-state index >= 15 is 0 Å². The molecule has 10 heteroatoms. The molecular formula is C37H34N4O6. The van der Waals surface area contributed by atoms with Crippen LogP contribution in [0.4, 0.5) is 0 Å². The first-order valence-electron chi connectivity index (χ1n) is 15.5. The third-order valence-corrected chi connectivity index (χ3v) is 8.45. The van der Waals surface area contributed by atoms with E-state index in [9.17, 15) is 4.79 Å². The summed E-state index contributed by atoms with van der Waals surface area (Å²) >= 11 is 0. The summed E-state index contributed by atoms with van der Waals surface area (Å²) in [6.07, 6.45) is 0.218. The van der Waals surface area contributed by atoms with E-state index in [1.165, 1.54) is 0 Å². The number of benzene rings is 4. The predicted octanol–water partition coefficient (Wildman–Crippen LogP) is 5.55. The van der Waals surface area contributed by atoms with E-state index in [0.717, 1.165) is 33.6 Å². The molecule has 2 aliphatic heterocycles. The molecule has 2 aliphatic rings. The second-order valence-electron chi connectivity index (χ2n) is 11.6. The summed E-state index contributed by atoms with van der Waals surface area (Å²) in [6, 6.07) is 32.7. The number of fused-ring (bicyclic) bond motifs is 3. The van der Waals surface area contributed by atoms with Gasteiger partial charge in [-0.3, -0.25) is 4.79 Å². The summed E-state index contributed by atoms with van der Waals surface area (Å²) in [5, 5.41) is 13.3. The van der Waals surface area contributed by atoms with Crippen LogP contribution in [0.2, 0.25) is 0 Å². The Hall–Kier alpha value is -5.48. The van der Waals surface area contributed by atoms with Crippen LogP contribution >= 0.6 is 0 Å². The molecule has 1 amide bonds. The maximum absolute atomic E-state index is 14.9. The number of aromatic nitrogens is 2. The van der Waals surface area contributed by atoms with E-state index in [-0.39, 0.29) is 19.1 Å². The number of amides is 1. The Balaban J connectivity index is 1.26. The molecule has 3 heterocycles. The minimum Gasteiger partial charge on any atom is -0.497 e. The number of carbonyl (C=O) groups excluding carboxylic acids is 1. The number of methoxy groups -OCH3 is 1. The van der Waals surface area contributed by atoms with E-state index in [4.69, 9.17) is 28.8 Å². The van der Waals surface area contributed by atoms with Crippen molar-refractivity contribution in [2.24, 2.45) is 4.99 Å². The van der Waals surface area contributed by atoms with Gasteiger partial charge in [-0.25, -0.2) is 4.99 Å². The van der Waals surface area contributed by atoms with E-state index in [0.29, 0.717) is 49.4 Å². The lowest BCUT2D eigenvalue weighted by molar-refractivity contribution is -0.140.